The van der Waals surface area contributed by atoms with Gasteiger partial charge in [-0.3, -0.25) is 4.79 Å². The molecule has 1 aliphatic carbocycles. The van der Waals surface area contributed by atoms with Crippen molar-refractivity contribution in [3.05, 3.63) is 12.4 Å². The van der Waals surface area contributed by atoms with Crippen molar-refractivity contribution in [1.82, 2.24) is 9.55 Å². The molecule has 1 saturated carbocycles. The van der Waals surface area contributed by atoms with E-state index < -0.39 is 5.97 Å². The smallest absolute Gasteiger partial charge is 0.313 e. The third-order valence-corrected chi connectivity index (χ3v) is 3.98. The van der Waals surface area contributed by atoms with E-state index in [0.29, 0.717) is 12.7 Å². The third kappa shape index (κ3) is 4.03. The van der Waals surface area contributed by atoms with Crippen LogP contribution in [0.2, 0.25) is 0 Å². The van der Waals surface area contributed by atoms with E-state index in [4.69, 9.17) is 9.84 Å². The van der Waals surface area contributed by atoms with Crippen LogP contribution in [0.3, 0.4) is 0 Å². The van der Waals surface area contributed by atoms with Gasteiger partial charge >= 0.3 is 5.97 Å². The molecular formula is C12H18N2O3S. The zero-order valence-corrected chi connectivity index (χ0v) is 11.1. The van der Waals surface area contributed by atoms with Crippen LogP contribution >= 0.6 is 11.8 Å². The maximum absolute atomic E-state index is 10.5. The predicted molar refractivity (Wildman–Crippen MR) is 68.8 cm³/mol. The number of carbonyl (C=O) groups is 1. The molecular weight excluding hydrogens is 252 g/mol. The molecule has 1 aliphatic rings. The first-order valence-corrected chi connectivity index (χ1v) is 7.21. The number of carboxylic acids is 1. The molecule has 100 valence electrons. The van der Waals surface area contributed by atoms with E-state index >= 15 is 0 Å². The van der Waals surface area contributed by atoms with Crippen molar-refractivity contribution in [3.63, 3.8) is 0 Å². The Balaban J connectivity index is 1.74. The molecule has 1 aromatic rings. The molecule has 0 aliphatic heterocycles. The summed E-state index contributed by atoms with van der Waals surface area (Å²) in [6.07, 6.45) is 8.87. The lowest BCUT2D eigenvalue weighted by Gasteiger charge is -2.12. The number of imidazole rings is 1. The van der Waals surface area contributed by atoms with Crippen LogP contribution in [0.15, 0.2) is 17.6 Å². The lowest BCUT2D eigenvalue weighted by molar-refractivity contribution is -0.133. The highest BCUT2D eigenvalue weighted by Gasteiger charge is 2.15. The molecule has 0 saturated heterocycles. The van der Waals surface area contributed by atoms with Gasteiger partial charge < -0.3 is 14.4 Å². The first kappa shape index (κ1) is 13.4. The number of hydrogen-bond acceptors (Lipinski definition) is 4. The summed E-state index contributed by atoms with van der Waals surface area (Å²) in [4.78, 5) is 14.7. The maximum Gasteiger partial charge on any atom is 0.313 e. The summed E-state index contributed by atoms with van der Waals surface area (Å²) < 4.78 is 7.73. The lowest BCUT2D eigenvalue weighted by Crippen LogP contribution is -2.13. The lowest BCUT2D eigenvalue weighted by atomic mass is 10.3. The van der Waals surface area contributed by atoms with E-state index in [1.807, 2.05) is 10.8 Å². The van der Waals surface area contributed by atoms with Crippen LogP contribution in [0.25, 0.3) is 0 Å². The van der Waals surface area contributed by atoms with Crippen LogP contribution < -0.4 is 0 Å². The van der Waals surface area contributed by atoms with Gasteiger partial charge in [0, 0.05) is 18.9 Å². The van der Waals surface area contributed by atoms with E-state index in [9.17, 15) is 4.79 Å². The molecule has 2 rings (SSSR count). The molecule has 0 aromatic carbocycles. The highest BCUT2D eigenvalue weighted by Crippen LogP contribution is 2.21. The van der Waals surface area contributed by atoms with Crippen molar-refractivity contribution in [3.8, 4) is 0 Å². The fourth-order valence-electron chi connectivity index (χ4n) is 2.10. The molecule has 0 atom stereocenters. The number of rotatable bonds is 7. The highest BCUT2D eigenvalue weighted by atomic mass is 32.2. The minimum atomic E-state index is -0.822. The number of aromatic nitrogens is 2. The van der Waals surface area contributed by atoms with E-state index in [2.05, 4.69) is 4.98 Å². The average molecular weight is 270 g/mol. The standard InChI is InChI=1S/C12H18N2O3S/c15-11(16)9-18-12-13-5-6-14(12)7-8-17-10-3-1-2-4-10/h5-6,10H,1-4,7-9H2,(H,15,16). The van der Waals surface area contributed by atoms with Crippen molar-refractivity contribution >= 4 is 17.7 Å². The van der Waals surface area contributed by atoms with Crippen LogP contribution in [-0.4, -0.2) is 39.1 Å². The second-order valence-electron chi connectivity index (χ2n) is 4.36. The van der Waals surface area contributed by atoms with E-state index in [1.54, 1.807) is 6.20 Å². The van der Waals surface area contributed by atoms with Crippen LogP contribution in [0.1, 0.15) is 25.7 Å². The molecule has 5 nitrogen and oxygen atoms in total. The Kier molecular flexibility index (Phi) is 5.07. The van der Waals surface area contributed by atoms with Crippen molar-refractivity contribution in [1.29, 1.82) is 0 Å². The molecule has 0 radical (unpaired) electrons. The van der Waals surface area contributed by atoms with Crippen LogP contribution in [0, 0.1) is 0 Å². The van der Waals surface area contributed by atoms with Gasteiger partial charge in [0.15, 0.2) is 5.16 Å². The summed E-state index contributed by atoms with van der Waals surface area (Å²) in [5.41, 5.74) is 0. The molecule has 0 amide bonds. The summed E-state index contributed by atoms with van der Waals surface area (Å²) in [6, 6.07) is 0. The molecule has 0 unspecified atom stereocenters. The molecule has 1 fully saturated rings. The van der Waals surface area contributed by atoms with Gasteiger partial charge in [-0.25, -0.2) is 4.98 Å². The molecule has 0 bridgehead atoms. The second kappa shape index (κ2) is 6.80. The highest BCUT2D eigenvalue weighted by molar-refractivity contribution is 7.99. The zero-order valence-electron chi connectivity index (χ0n) is 10.2. The van der Waals surface area contributed by atoms with E-state index in [0.717, 1.165) is 11.7 Å². The molecule has 1 heterocycles. The van der Waals surface area contributed by atoms with E-state index in [1.165, 1.54) is 37.4 Å². The largest absolute Gasteiger partial charge is 0.481 e. The predicted octanol–water partition coefficient (Wildman–Crippen LogP) is 2.02. The molecule has 1 N–H and O–H groups in total. The molecule has 1 aromatic heterocycles. The number of hydrogen-bond donors (Lipinski definition) is 1. The summed E-state index contributed by atoms with van der Waals surface area (Å²) in [5.74, 6) is -0.780. The van der Waals surface area contributed by atoms with Crippen molar-refractivity contribution in [2.24, 2.45) is 0 Å². The van der Waals surface area contributed by atoms with Crippen molar-refractivity contribution < 1.29 is 14.6 Å². The number of nitrogens with zero attached hydrogens (tertiary/aromatic N) is 2. The number of ether oxygens (including phenoxy) is 1. The van der Waals surface area contributed by atoms with Gasteiger partial charge in [-0.2, -0.15) is 0 Å². The SMILES string of the molecule is O=C(O)CSc1nccn1CCOC1CCCC1. The van der Waals surface area contributed by atoms with Crippen LogP contribution in [-0.2, 0) is 16.1 Å². The monoisotopic (exact) mass is 270 g/mol. The molecule has 0 spiro atoms. The number of aliphatic carboxylic acids is 1. The summed E-state index contributed by atoms with van der Waals surface area (Å²) >= 11 is 1.24. The Hall–Kier alpha value is -1.01. The molecule has 6 heteroatoms. The topological polar surface area (TPSA) is 64.3 Å². The van der Waals surface area contributed by atoms with Crippen LogP contribution in [0.5, 0.6) is 0 Å². The minimum Gasteiger partial charge on any atom is -0.481 e. The van der Waals surface area contributed by atoms with Gasteiger partial charge in [-0.1, -0.05) is 24.6 Å². The Labute approximate surface area is 111 Å². The van der Waals surface area contributed by atoms with Gasteiger partial charge in [-0.15, -0.1) is 0 Å². The quantitative estimate of drug-likeness (QED) is 0.768. The first-order chi connectivity index (χ1) is 8.75. The van der Waals surface area contributed by atoms with E-state index in [-0.39, 0.29) is 5.75 Å². The Morgan fingerprint density at radius 3 is 3.06 bits per heavy atom. The Morgan fingerprint density at radius 2 is 2.33 bits per heavy atom. The third-order valence-electron chi connectivity index (χ3n) is 2.99. The van der Waals surface area contributed by atoms with Gasteiger partial charge in [0.2, 0.25) is 0 Å². The van der Waals surface area contributed by atoms with Gasteiger partial charge in [0.05, 0.1) is 18.5 Å². The fourth-order valence-corrected chi connectivity index (χ4v) is 2.81. The summed E-state index contributed by atoms with van der Waals surface area (Å²) in [7, 11) is 0. The van der Waals surface area contributed by atoms with Crippen LogP contribution in [0.4, 0.5) is 0 Å². The summed E-state index contributed by atoms with van der Waals surface area (Å²) in [6.45, 7) is 1.40. The Bertz CT molecular complexity index is 388. The Morgan fingerprint density at radius 1 is 1.56 bits per heavy atom. The maximum atomic E-state index is 10.5. The zero-order chi connectivity index (χ0) is 12.8. The number of thioether (sulfide) groups is 1. The average Bonchev–Trinajstić information content (AvgIpc) is 2.97. The fraction of sp³-hybridized carbons (Fsp3) is 0.667. The second-order valence-corrected chi connectivity index (χ2v) is 5.31. The first-order valence-electron chi connectivity index (χ1n) is 6.23. The summed E-state index contributed by atoms with van der Waals surface area (Å²) in [5, 5.41) is 9.38. The van der Waals surface area contributed by atoms with Gasteiger partial charge in [0.1, 0.15) is 0 Å². The van der Waals surface area contributed by atoms with Crippen molar-refractivity contribution in [2.45, 2.75) is 43.5 Å². The minimum absolute atomic E-state index is 0.0422. The number of carboxylic acid groups (broad SMARTS) is 1. The van der Waals surface area contributed by atoms with Gasteiger partial charge in [-0.05, 0) is 12.8 Å². The van der Waals surface area contributed by atoms with Crippen molar-refractivity contribution in [2.75, 3.05) is 12.4 Å². The van der Waals surface area contributed by atoms with Gasteiger partial charge in [0.25, 0.3) is 0 Å². The normalized spacial score (nSPS) is 16.2. The molecule has 18 heavy (non-hydrogen) atoms.